The van der Waals surface area contributed by atoms with Gasteiger partial charge in [0.1, 0.15) is 5.76 Å². The zero-order valence-corrected chi connectivity index (χ0v) is 14.6. The van der Waals surface area contributed by atoms with Crippen molar-refractivity contribution in [2.24, 2.45) is 0 Å². The van der Waals surface area contributed by atoms with E-state index in [1.165, 1.54) is 0 Å². The summed E-state index contributed by atoms with van der Waals surface area (Å²) < 4.78 is 13.3. The Balaban J connectivity index is 1.89. The Kier molecular flexibility index (Phi) is 5.52. The maximum absolute atomic E-state index is 5.99. The topological polar surface area (TPSA) is 34.4 Å². The molecule has 1 atom stereocenters. The Labute approximate surface area is 131 Å². The minimum absolute atomic E-state index is 0.0697. The lowest BCUT2D eigenvalue weighted by Gasteiger charge is -2.40. The average Bonchev–Trinajstić information content (AvgIpc) is 2.76. The van der Waals surface area contributed by atoms with E-state index < -0.39 is 0 Å². The Hall–Kier alpha value is 0.160. The van der Waals surface area contributed by atoms with Crippen LogP contribution >= 0.6 is 31.9 Å². The van der Waals surface area contributed by atoms with E-state index in [4.69, 9.17) is 9.15 Å². The molecule has 5 heteroatoms. The van der Waals surface area contributed by atoms with Crippen molar-refractivity contribution in [2.75, 3.05) is 6.61 Å². The van der Waals surface area contributed by atoms with Crippen molar-refractivity contribution in [3.05, 3.63) is 21.0 Å². The monoisotopic (exact) mass is 393 g/mol. The molecule has 3 nitrogen and oxygen atoms in total. The van der Waals surface area contributed by atoms with Gasteiger partial charge in [0.15, 0.2) is 4.67 Å². The molecule has 0 amide bonds. The Bertz CT molecular complexity index is 396. The van der Waals surface area contributed by atoms with E-state index in [1.807, 2.05) is 6.07 Å². The van der Waals surface area contributed by atoms with Crippen LogP contribution in [0.3, 0.4) is 0 Å². The summed E-state index contributed by atoms with van der Waals surface area (Å²) >= 11 is 6.80. The maximum Gasteiger partial charge on any atom is 0.183 e. The van der Waals surface area contributed by atoms with E-state index in [-0.39, 0.29) is 5.60 Å². The maximum atomic E-state index is 5.99. The first-order valence-corrected chi connectivity index (χ1v) is 8.48. The second kappa shape index (κ2) is 6.74. The lowest BCUT2D eigenvalue weighted by Crippen LogP contribution is -2.46. The largest absolute Gasteiger partial charge is 0.452 e. The van der Waals surface area contributed by atoms with Gasteiger partial charge in [0.2, 0.25) is 0 Å². The summed E-state index contributed by atoms with van der Waals surface area (Å²) in [5.74, 6) is 0.948. The Morgan fingerprint density at radius 3 is 2.68 bits per heavy atom. The molecule has 0 aliphatic carbocycles. The van der Waals surface area contributed by atoms with Gasteiger partial charge in [-0.3, -0.25) is 0 Å². The van der Waals surface area contributed by atoms with E-state index in [0.29, 0.717) is 6.04 Å². The smallest absolute Gasteiger partial charge is 0.183 e. The normalized spacial score (nSPS) is 22.6. The zero-order valence-electron chi connectivity index (χ0n) is 11.5. The molecule has 2 heterocycles. The predicted octanol–water partition coefficient (Wildman–Crippen LogP) is 4.63. The lowest BCUT2D eigenvalue weighted by molar-refractivity contribution is -0.0933. The van der Waals surface area contributed by atoms with E-state index in [2.05, 4.69) is 51.0 Å². The van der Waals surface area contributed by atoms with Gasteiger partial charge in [-0.2, -0.15) is 0 Å². The molecule has 1 aliphatic heterocycles. The summed E-state index contributed by atoms with van der Waals surface area (Å²) in [4.78, 5) is 0. The molecule has 1 N–H and O–H groups in total. The third-order valence-corrected chi connectivity index (χ3v) is 5.75. The highest BCUT2D eigenvalue weighted by molar-refractivity contribution is 9.13. The highest BCUT2D eigenvalue weighted by Gasteiger charge is 2.34. The minimum Gasteiger partial charge on any atom is -0.452 e. The first-order chi connectivity index (χ1) is 9.08. The molecule has 0 saturated carbocycles. The summed E-state index contributed by atoms with van der Waals surface area (Å²) in [6.45, 7) is 6.04. The second-order valence-electron chi connectivity index (χ2n) is 5.14. The van der Waals surface area contributed by atoms with Gasteiger partial charge in [0.05, 0.1) is 16.6 Å². The van der Waals surface area contributed by atoms with Crippen molar-refractivity contribution in [3.8, 4) is 0 Å². The van der Waals surface area contributed by atoms with Gasteiger partial charge in [-0.25, -0.2) is 0 Å². The Morgan fingerprint density at radius 2 is 2.11 bits per heavy atom. The van der Waals surface area contributed by atoms with E-state index in [9.17, 15) is 0 Å². The fourth-order valence-electron chi connectivity index (χ4n) is 2.67. The number of furan rings is 1. The van der Waals surface area contributed by atoms with Gasteiger partial charge >= 0.3 is 0 Å². The van der Waals surface area contributed by atoms with Gasteiger partial charge in [0.25, 0.3) is 0 Å². The summed E-state index contributed by atoms with van der Waals surface area (Å²) in [6.07, 6.45) is 4.33. The fraction of sp³-hybridized carbons (Fsp3) is 0.714. The molecule has 0 spiro atoms. The zero-order chi connectivity index (χ0) is 13.9. The molecule has 108 valence electrons. The highest BCUT2D eigenvalue weighted by atomic mass is 79.9. The van der Waals surface area contributed by atoms with Crippen LogP contribution in [-0.2, 0) is 11.3 Å². The van der Waals surface area contributed by atoms with E-state index in [1.54, 1.807) is 0 Å². The number of nitrogens with one attached hydrogen (secondary N) is 1. The van der Waals surface area contributed by atoms with E-state index in [0.717, 1.165) is 53.7 Å². The third kappa shape index (κ3) is 3.84. The van der Waals surface area contributed by atoms with Crippen LogP contribution in [-0.4, -0.2) is 18.2 Å². The quantitative estimate of drug-likeness (QED) is 0.790. The molecule has 0 aromatic carbocycles. The highest BCUT2D eigenvalue weighted by Crippen LogP contribution is 2.32. The van der Waals surface area contributed by atoms with Crippen LogP contribution in [0.5, 0.6) is 0 Å². The molecule has 0 bridgehead atoms. The molecular formula is C14H21Br2NO2. The number of rotatable bonds is 5. The molecule has 1 aliphatic rings. The SMILES string of the molecule is CCC1(CC)CC(NCc2cc(Br)c(Br)o2)CCO1. The summed E-state index contributed by atoms with van der Waals surface area (Å²) in [7, 11) is 0. The predicted molar refractivity (Wildman–Crippen MR) is 83.2 cm³/mol. The molecule has 1 aromatic rings. The van der Waals surface area contributed by atoms with Gasteiger partial charge in [0, 0.05) is 12.6 Å². The molecule has 1 saturated heterocycles. The molecule has 19 heavy (non-hydrogen) atoms. The fourth-order valence-corrected chi connectivity index (χ4v) is 3.33. The number of ether oxygens (including phenoxy) is 1. The van der Waals surface area contributed by atoms with Crippen LogP contribution in [0, 0.1) is 0 Å². The van der Waals surface area contributed by atoms with Crippen LogP contribution in [0.25, 0.3) is 0 Å². The van der Waals surface area contributed by atoms with Crippen molar-refractivity contribution < 1.29 is 9.15 Å². The number of hydrogen-bond acceptors (Lipinski definition) is 3. The van der Waals surface area contributed by atoms with Crippen molar-refractivity contribution in [2.45, 2.75) is 57.7 Å². The molecule has 1 aromatic heterocycles. The molecule has 1 fully saturated rings. The van der Waals surface area contributed by atoms with Crippen molar-refractivity contribution in [1.82, 2.24) is 5.32 Å². The summed E-state index contributed by atoms with van der Waals surface area (Å²) in [6, 6.07) is 2.51. The summed E-state index contributed by atoms with van der Waals surface area (Å²) in [5.41, 5.74) is 0.0697. The standard InChI is InChI=1S/C14H21Br2NO2/c1-3-14(4-2)8-10(5-6-18-14)17-9-11-7-12(15)13(16)19-11/h7,10,17H,3-6,8-9H2,1-2H3. The van der Waals surface area contributed by atoms with Gasteiger partial charge < -0.3 is 14.5 Å². The van der Waals surface area contributed by atoms with Crippen LogP contribution in [0.4, 0.5) is 0 Å². The van der Waals surface area contributed by atoms with Crippen LogP contribution in [0.2, 0.25) is 0 Å². The second-order valence-corrected chi connectivity index (χ2v) is 6.72. The number of hydrogen-bond donors (Lipinski definition) is 1. The first-order valence-electron chi connectivity index (χ1n) is 6.89. The van der Waals surface area contributed by atoms with Gasteiger partial charge in [-0.15, -0.1) is 0 Å². The first kappa shape index (κ1) is 15.5. The van der Waals surface area contributed by atoms with Gasteiger partial charge in [-0.1, -0.05) is 13.8 Å². The van der Waals surface area contributed by atoms with E-state index >= 15 is 0 Å². The minimum atomic E-state index is 0.0697. The van der Waals surface area contributed by atoms with Crippen molar-refractivity contribution >= 4 is 31.9 Å². The molecule has 0 radical (unpaired) electrons. The molecular weight excluding hydrogens is 374 g/mol. The summed E-state index contributed by atoms with van der Waals surface area (Å²) in [5, 5.41) is 3.59. The number of halogens is 2. The van der Waals surface area contributed by atoms with Crippen molar-refractivity contribution in [3.63, 3.8) is 0 Å². The van der Waals surface area contributed by atoms with Crippen LogP contribution < -0.4 is 5.32 Å². The molecule has 1 unspecified atom stereocenters. The molecule has 2 rings (SSSR count). The Morgan fingerprint density at radius 1 is 1.37 bits per heavy atom. The third-order valence-electron chi connectivity index (χ3n) is 4.04. The van der Waals surface area contributed by atoms with Crippen LogP contribution in [0.15, 0.2) is 19.6 Å². The average molecular weight is 395 g/mol. The van der Waals surface area contributed by atoms with Crippen LogP contribution in [0.1, 0.15) is 45.3 Å². The lowest BCUT2D eigenvalue weighted by atomic mass is 9.86. The van der Waals surface area contributed by atoms with Gasteiger partial charge in [-0.05, 0) is 63.6 Å². The van der Waals surface area contributed by atoms with Crippen molar-refractivity contribution in [1.29, 1.82) is 0 Å².